The monoisotopic (exact) mass is 495 g/mol. The van der Waals surface area contributed by atoms with E-state index in [2.05, 4.69) is 4.98 Å². The molecule has 0 amide bonds. The van der Waals surface area contributed by atoms with Crippen LogP contribution in [0.1, 0.15) is 39.0 Å². The first-order valence-corrected chi connectivity index (χ1v) is 11.8. The van der Waals surface area contributed by atoms with Crippen molar-refractivity contribution in [3.63, 3.8) is 0 Å². The van der Waals surface area contributed by atoms with Crippen LogP contribution in [0.4, 0.5) is 5.69 Å². The lowest BCUT2D eigenvalue weighted by Gasteiger charge is -2.26. The Balaban J connectivity index is 1.88. The number of hydrogen-bond acceptors (Lipinski definition) is 9. The van der Waals surface area contributed by atoms with Gasteiger partial charge in [-0.05, 0) is 38.5 Å². The van der Waals surface area contributed by atoms with Crippen molar-refractivity contribution in [3.05, 3.63) is 50.8 Å². The maximum atomic E-state index is 13.0. The van der Waals surface area contributed by atoms with E-state index in [1.165, 1.54) is 24.4 Å². The minimum Gasteiger partial charge on any atom is -0.475 e. The van der Waals surface area contributed by atoms with Gasteiger partial charge in [-0.1, -0.05) is 0 Å². The fourth-order valence-electron chi connectivity index (χ4n) is 3.69. The number of H-pyrrole nitrogens is 1. The summed E-state index contributed by atoms with van der Waals surface area (Å²) >= 11 is 0. The highest BCUT2D eigenvalue weighted by Crippen LogP contribution is 2.32. The van der Waals surface area contributed by atoms with Crippen LogP contribution >= 0.6 is 0 Å². The smallest absolute Gasteiger partial charge is 0.339 e. The highest BCUT2D eigenvalue weighted by atomic mass is 32.2. The molecule has 1 aromatic carbocycles. The second-order valence-electron chi connectivity index (χ2n) is 7.64. The van der Waals surface area contributed by atoms with Gasteiger partial charge in [-0.3, -0.25) is 14.9 Å². The largest absolute Gasteiger partial charge is 0.475 e. The normalized spacial score (nSPS) is 15.5. The van der Waals surface area contributed by atoms with Gasteiger partial charge < -0.3 is 19.2 Å². The number of hydrogen-bond donors (Lipinski definition) is 1. The highest BCUT2D eigenvalue weighted by molar-refractivity contribution is 7.89. The number of carbonyl (C=O) groups is 2. The number of morpholine rings is 1. The number of ether oxygens (including phenoxy) is 3. The summed E-state index contributed by atoms with van der Waals surface area (Å²) in [5, 5.41) is 11.7. The van der Waals surface area contributed by atoms with Crippen molar-refractivity contribution in [2.24, 2.45) is 0 Å². The summed E-state index contributed by atoms with van der Waals surface area (Å²) in [7, 11) is -2.74. The molecular formula is C21H25N3O9S. The molecule has 1 aliphatic heterocycles. The molecule has 1 aromatic heterocycles. The number of nitro benzene ring substituents is 1. The lowest BCUT2D eigenvalue weighted by atomic mass is 10.1. The van der Waals surface area contributed by atoms with Crippen molar-refractivity contribution in [3.8, 4) is 5.75 Å². The minimum atomic E-state index is -3.96. The molecule has 13 heteroatoms. The molecule has 1 fully saturated rings. The van der Waals surface area contributed by atoms with E-state index < -0.39 is 38.5 Å². The van der Waals surface area contributed by atoms with Crippen LogP contribution in [0.5, 0.6) is 5.75 Å². The molecular weight excluding hydrogens is 470 g/mol. The van der Waals surface area contributed by atoms with E-state index in [1.807, 2.05) is 0 Å². The van der Waals surface area contributed by atoms with Gasteiger partial charge in [0.05, 0.1) is 41.4 Å². The van der Waals surface area contributed by atoms with Crippen LogP contribution in [-0.4, -0.2) is 73.9 Å². The van der Waals surface area contributed by atoms with Gasteiger partial charge in [0.2, 0.25) is 15.8 Å². The average Bonchev–Trinajstić information content (AvgIpc) is 3.12. The topological polar surface area (TPSA) is 158 Å². The van der Waals surface area contributed by atoms with Crippen LogP contribution in [0, 0.1) is 24.0 Å². The van der Waals surface area contributed by atoms with Gasteiger partial charge in [0, 0.05) is 24.8 Å². The quantitative estimate of drug-likeness (QED) is 0.250. The zero-order valence-corrected chi connectivity index (χ0v) is 19.9. The number of aromatic amines is 1. The van der Waals surface area contributed by atoms with Crippen LogP contribution in [0.2, 0.25) is 0 Å². The number of ketones is 1. The number of nitrogens with one attached hydrogen (secondary N) is 1. The molecule has 12 nitrogen and oxygen atoms in total. The highest BCUT2D eigenvalue weighted by Gasteiger charge is 2.31. The Morgan fingerprint density at radius 3 is 2.47 bits per heavy atom. The maximum Gasteiger partial charge on any atom is 0.339 e. The Labute approximate surface area is 196 Å². The van der Waals surface area contributed by atoms with Gasteiger partial charge in [-0.25, -0.2) is 13.2 Å². The van der Waals surface area contributed by atoms with E-state index in [4.69, 9.17) is 14.2 Å². The summed E-state index contributed by atoms with van der Waals surface area (Å²) in [6.07, 6.45) is -1.18. The van der Waals surface area contributed by atoms with Crippen LogP contribution in [0.15, 0.2) is 23.1 Å². The van der Waals surface area contributed by atoms with Crippen molar-refractivity contribution in [2.75, 3.05) is 33.4 Å². The molecule has 1 unspecified atom stereocenters. The SMILES string of the molecule is COC(=O)c1c(C)[nH]c(C(=O)C(C)Oc2ccc(S(=O)(=O)N3CCOCC3)cc2[N+](=O)[O-])c1C. The number of nitrogens with zero attached hydrogens (tertiary/aromatic N) is 2. The van der Waals surface area contributed by atoms with Gasteiger partial charge in [0.25, 0.3) is 0 Å². The number of nitro groups is 1. The molecule has 3 rings (SSSR count). The van der Waals surface area contributed by atoms with E-state index >= 15 is 0 Å². The van der Waals surface area contributed by atoms with Crippen molar-refractivity contribution >= 4 is 27.5 Å². The fourth-order valence-corrected chi connectivity index (χ4v) is 5.12. The van der Waals surface area contributed by atoms with E-state index in [-0.39, 0.29) is 48.2 Å². The minimum absolute atomic E-state index is 0.111. The van der Waals surface area contributed by atoms with E-state index in [1.54, 1.807) is 13.8 Å². The third kappa shape index (κ3) is 4.81. The molecule has 1 saturated heterocycles. The predicted octanol–water partition coefficient (Wildman–Crippen LogP) is 2.00. The average molecular weight is 496 g/mol. The third-order valence-electron chi connectivity index (χ3n) is 5.48. The Kier molecular flexibility index (Phi) is 7.38. The number of aryl methyl sites for hydroxylation is 1. The van der Waals surface area contributed by atoms with E-state index in [0.29, 0.717) is 11.3 Å². The summed E-state index contributed by atoms with van der Waals surface area (Å²) < 4.78 is 42.4. The summed E-state index contributed by atoms with van der Waals surface area (Å²) in [4.78, 5) is 38.4. The number of methoxy groups -OCH3 is 1. The summed E-state index contributed by atoms with van der Waals surface area (Å²) in [6, 6.07) is 3.27. The molecule has 1 N–H and O–H groups in total. The van der Waals surface area contributed by atoms with Crippen LogP contribution < -0.4 is 4.74 Å². The molecule has 2 aromatic rings. The lowest BCUT2D eigenvalue weighted by Crippen LogP contribution is -2.40. The lowest BCUT2D eigenvalue weighted by molar-refractivity contribution is -0.386. The second kappa shape index (κ2) is 9.91. The van der Waals surface area contributed by atoms with E-state index in [0.717, 1.165) is 12.1 Å². The van der Waals surface area contributed by atoms with Crippen molar-refractivity contribution in [1.82, 2.24) is 9.29 Å². The van der Waals surface area contributed by atoms with Gasteiger partial charge in [0.1, 0.15) is 0 Å². The Morgan fingerprint density at radius 1 is 1.24 bits per heavy atom. The molecule has 0 bridgehead atoms. The third-order valence-corrected chi connectivity index (χ3v) is 7.38. The molecule has 2 heterocycles. The van der Waals surface area contributed by atoms with Crippen LogP contribution in [0.25, 0.3) is 0 Å². The zero-order valence-electron chi connectivity index (χ0n) is 19.1. The molecule has 184 valence electrons. The van der Waals surface area contributed by atoms with Crippen LogP contribution in [-0.2, 0) is 19.5 Å². The number of sulfonamides is 1. The number of rotatable bonds is 8. The first kappa shape index (κ1) is 25.3. The Morgan fingerprint density at radius 2 is 1.88 bits per heavy atom. The number of aromatic nitrogens is 1. The molecule has 0 spiro atoms. The van der Waals surface area contributed by atoms with Crippen molar-refractivity contribution < 1.29 is 37.1 Å². The zero-order chi connectivity index (χ0) is 25.2. The van der Waals surface area contributed by atoms with Crippen molar-refractivity contribution in [1.29, 1.82) is 0 Å². The molecule has 0 radical (unpaired) electrons. The number of Topliss-reactive ketones (excluding diaryl/α,β-unsaturated/α-hetero) is 1. The molecule has 1 atom stereocenters. The Bertz CT molecular complexity index is 1230. The molecule has 1 aliphatic rings. The number of esters is 1. The fraction of sp³-hybridized carbons (Fsp3) is 0.429. The number of carbonyl (C=O) groups excluding carboxylic acids is 2. The maximum absolute atomic E-state index is 13.0. The van der Waals surface area contributed by atoms with Gasteiger partial charge in [-0.2, -0.15) is 4.31 Å². The van der Waals surface area contributed by atoms with Crippen LogP contribution in [0.3, 0.4) is 0 Å². The van der Waals surface area contributed by atoms with Crippen molar-refractivity contribution in [2.45, 2.75) is 31.8 Å². The second-order valence-corrected chi connectivity index (χ2v) is 9.58. The first-order valence-electron chi connectivity index (χ1n) is 10.3. The summed E-state index contributed by atoms with van der Waals surface area (Å²) in [5.74, 6) is -1.41. The predicted molar refractivity (Wildman–Crippen MR) is 119 cm³/mol. The van der Waals surface area contributed by atoms with Gasteiger partial charge in [-0.15, -0.1) is 0 Å². The van der Waals surface area contributed by atoms with Gasteiger partial charge in [0.15, 0.2) is 11.9 Å². The first-order chi connectivity index (χ1) is 16.0. The number of benzene rings is 1. The summed E-state index contributed by atoms with van der Waals surface area (Å²) in [5.41, 5.74) is 0.541. The molecule has 34 heavy (non-hydrogen) atoms. The van der Waals surface area contributed by atoms with E-state index in [9.17, 15) is 28.1 Å². The Hall–Kier alpha value is -3.29. The summed E-state index contributed by atoms with van der Waals surface area (Å²) in [6.45, 7) is 5.33. The molecule has 0 saturated carbocycles. The standard InChI is InChI=1S/C21H25N3O9S/c1-12-18(21(26)31-4)13(2)22-19(12)20(25)14(3)33-17-6-5-15(11-16(17)24(27)28)34(29,30)23-7-9-32-10-8-23/h5-6,11,14,22H,7-10H2,1-4H3. The van der Waals surface area contributed by atoms with Gasteiger partial charge >= 0.3 is 11.7 Å². The molecule has 0 aliphatic carbocycles.